The lowest BCUT2D eigenvalue weighted by Crippen LogP contribution is -2.51. The van der Waals surface area contributed by atoms with Gasteiger partial charge in [-0.2, -0.15) is 0 Å². The van der Waals surface area contributed by atoms with Gasteiger partial charge in [0.2, 0.25) is 40.8 Å². The minimum atomic E-state index is -1.04. The zero-order valence-electron chi connectivity index (χ0n) is 56.7. The van der Waals surface area contributed by atoms with Gasteiger partial charge in [0.05, 0.1) is 6.07 Å². The Labute approximate surface area is 566 Å². The molecule has 0 radical (unpaired) electrons. The molecule has 0 aromatic heterocycles. The van der Waals surface area contributed by atoms with Gasteiger partial charge in [0.15, 0.2) is 0 Å². The van der Waals surface area contributed by atoms with Gasteiger partial charge in [-0.1, -0.05) is 109 Å². The number of nitrogens with one attached hydrogen (secondary N) is 3. The van der Waals surface area contributed by atoms with Gasteiger partial charge in [0.1, 0.15) is 42.6 Å². The number of nitrogens with two attached hydrogens (primary N) is 4. The summed E-state index contributed by atoms with van der Waals surface area (Å²) in [7, 11) is 0. The standard InChI is InChI=1S/C76H100N12O8/c1-5-84(6-2)58-37-39-62-67(50-58)96-68-51-59(85(7-3)8-4)38-40-63(68)72(62)60-32-18-19-33-61(60)73(92)83-66(36-22-25-46-79)76(95)88(54-57-30-16-11-17-31-57)49-43-71(91)82-65(35-21-24-45-78)75(94)87(53-56-28-14-10-15-29-56)48-42-70(90)81-64(34-20-23-44-77)74(93)86(47-41-69(80)89)52-55-26-12-9-13-27-55/h9-19,26-33,37-40,50-51,64-66H,5-8,20-25,34-36,41-49,52-54,77-79H2,1-4H3,(H4-,80,81,82,83,89,90,91,92)/p+1/t64-,65-,66-/m0/s1. The van der Waals surface area contributed by atoms with Crippen LogP contribution in [0.2, 0.25) is 0 Å². The van der Waals surface area contributed by atoms with Gasteiger partial charge in [-0.15, -0.1) is 0 Å². The first-order chi connectivity index (χ1) is 46.6. The van der Waals surface area contributed by atoms with Crippen LogP contribution in [-0.4, -0.2) is 140 Å². The van der Waals surface area contributed by atoms with E-state index in [4.69, 9.17) is 27.4 Å². The van der Waals surface area contributed by atoms with E-state index in [0.29, 0.717) is 80.6 Å². The summed E-state index contributed by atoms with van der Waals surface area (Å²) in [5.74, 6) is -2.50. The molecule has 2 aliphatic rings. The van der Waals surface area contributed by atoms with Gasteiger partial charge in [0.25, 0.3) is 5.91 Å². The van der Waals surface area contributed by atoms with Crippen LogP contribution in [0, 0.1) is 0 Å². The number of amides is 7. The Kier molecular flexibility index (Phi) is 30.1. The van der Waals surface area contributed by atoms with Crippen molar-refractivity contribution in [3.63, 3.8) is 0 Å². The smallest absolute Gasteiger partial charge is 0.252 e. The lowest BCUT2D eigenvalue weighted by atomic mass is 9.90. The highest BCUT2D eigenvalue weighted by Gasteiger charge is 2.32. The molecule has 20 nitrogen and oxygen atoms in total. The van der Waals surface area contributed by atoms with E-state index < -0.39 is 53.6 Å². The molecular weight excluding hydrogens is 1210 g/mol. The van der Waals surface area contributed by atoms with Crippen molar-refractivity contribution in [2.45, 2.75) is 143 Å². The number of carbonyl (C=O) groups is 7. The van der Waals surface area contributed by atoms with Gasteiger partial charge in [0, 0.05) is 112 Å². The van der Waals surface area contributed by atoms with E-state index in [1.54, 1.807) is 15.9 Å². The molecule has 512 valence electrons. The molecule has 7 rings (SSSR count). The maximum absolute atomic E-state index is 15.4. The van der Waals surface area contributed by atoms with Gasteiger partial charge in [-0.25, -0.2) is 4.58 Å². The molecule has 0 saturated heterocycles. The van der Waals surface area contributed by atoms with E-state index in [2.05, 4.69) is 89.5 Å². The lowest BCUT2D eigenvalue weighted by molar-refractivity contribution is -0.139. The Morgan fingerprint density at radius 3 is 1.35 bits per heavy atom. The Morgan fingerprint density at radius 1 is 0.479 bits per heavy atom. The number of primary amides is 1. The van der Waals surface area contributed by atoms with E-state index >= 15 is 14.4 Å². The molecule has 20 heteroatoms. The van der Waals surface area contributed by atoms with Crippen LogP contribution in [-0.2, 0) is 48.4 Å². The molecule has 0 fully saturated rings. The Bertz CT molecular complexity index is 3670. The highest BCUT2D eigenvalue weighted by Crippen LogP contribution is 2.42. The highest BCUT2D eigenvalue weighted by molar-refractivity contribution is 6.10. The highest BCUT2D eigenvalue weighted by atomic mass is 16.3. The summed E-state index contributed by atoms with van der Waals surface area (Å²) in [5, 5.41) is 11.0. The summed E-state index contributed by atoms with van der Waals surface area (Å²) in [4.78, 5) is 108. The number of benzene rings is 6. The Balaban J connectivity index is 1.15. The zero-order chi connectivity index (χ0) is 68.8. The van der Waals surface area contributed by atoms with E-state index in [9.17, 15) is 19.2 Å². The summed E-state index contributed by atoms with van der Waals surface area (Å²) in [6, 6.07) is 44.9. The first kappa shape index (κ1) is 74.2. The average Bonchev–Trinajstić information content (AvgIpc) is 0.747. The third kappa shape index (κ3) is 21.6. The van der Waals surface area contributed by atoms with E-state index in [-0.39, 0.29) is 83.7 Å². The van der Waals surface area contributed by atoms with Gasteiger partial charge >= 0.3 is 0 Å². The summed E-state index contributed by atoms with van der Waals surface area (Å²) in [6.45, 7) is 13.2. The number of hydrogen-bond donors (Lipinski definition) is 7. The SMILES string of the molecule is CCN(CC)c1ccc2c(-c3ccccc3C(=O)N[C@@H](CCCCN)C(=O)N(CCC(=O)N[C@@H](CCCCN)C(=O)N(CCC(=O)N[C@@H](CCCCN)C(=O)N(CCC(N)=O)Cc3ccccc3)Cc3ccccc3)Cc3ccccc3)c3ccc(=[N+](CC)CC)cc-3oc2c1. The largest absolute Gasteiger partial charge is 0.456 e. The van der Waals surface area contributed by atoms with Crippen LogP contribution in [0.5, 0.6) is 0 Å². The van der Waals surface area contributed by atoms with E-state index in [0.717, 1.165) is 70.4 Å². The number of hydrogen-bond acceptors (Lipinski definition) is 12. The number of carbonyl (C=O) groups excluding carboxylic acids is 7. The monoisotopic (exact) mass is 1310 g/mol. The van der Waals surface area contributed by atoms with Crippen molar-refractivity contribution >= 4 is 58.0 Å². The minimum Gasteiger partial charge on any atom is -0.456 e. The van der Waals surface area contributed by atoms with Crippen LogP contribution in [0.4, 0.5) is 5.69 Å². The molecule has 0 spiro atoms. The molecule has 7 amide bonds. The number of anilines is 1. The van der Waals surface area contributed by atoms with E-state index in [1.807, 2.05) is 109 Å². The van der Waals surface area contributed by atoms with E-state index in [1.165, 1.54) is 4.90 Å². The first-order valence-corrected chi connectivity index (χ1v) is 34.3. The fraction of sp³-hybridized carbons (Fsp3) is 0.421. The van der Waals surface area contributed by atoms with Crippen molar-refractivity contribution in [3.8, 4) is 22.5 Å². The van der Waals surface area contributed by atoms with Crippen LogP contribution in [0.25, 0.3) is 33.4 Å². The second kappa shape index (κ2) is 39.0. The average molecular weight is 1310 g/mol. The number of nitrogens with zero attached hydrogens (tertiary/aromatic N) is 5. The first-order valence-electron chi connectivity index (χ1n) is 34.3. The van der Waals surface area contributed by atoms with Crippen molar-refractivity contribution in [2.75, 3.05) is 70.3 Å². The zero-order valence-corrected chi connectivity index (χ0v) is 56.7. The molecule has 3 atom stereocenters. The minimum absolute atomic E-state index is 0.0503. The molecule has 96 heavy (non-hydrogen) atoms. The second-order valence-electron chi connectivity index (χ2n) is 24.3. The Morgan fingerprint density at radius 2 is 0.917 bits per heavy atom. The van der Waals surface area contributed by atoms with Gasteiger partial charge < -0.3 is 62.9 Å². The number of rotatable bonds is 40. The molecule has 0 saturated carbocycles. The summed E-state index contributed by atoms with van der Waals surface area (Å²) >= 11 is 0. The molecule has 5 aromatic carbocycles. The quantitative estimate of drug-likeness (QED) is 0.0109. The van der Waals surface area contributed by atoms with Crippen LogP contribution in [0.15, 0.2) is 156 Å². The number of fused-ring (bicyclic) bond motifs is 2. The fourth-order valence-electron chi connectivity index (χ4n) is 12.2. The molecule has 0 bridgehead atoms. The molecule has 1 aliphatic heterocycles. The maximum Gasteiger partial charge on any atom is 0.252 e. The lowest BCUT2D eigenvalue weighted by Gasteiger charge is -2.30. The Hall–Kier alpha value is -9.24. The third-order valence-electron chi connectivity index (χ3n) is 17.5. The summed E-state index contributed by atoms with van der Waals surface area (Å²) in [5.41, 5.74) is 30.2. The van der Waals surface area contributed by atoms with Crippen LogP contribution in [0.1, 0.15) is 132 Å². The van der Waals surface area contributed by atoms with Crippen LogP contribution < -0.4 is 53.7 Å². The predicted octanol–water partition coefficient (Wildman–Crippen LogP) is 8.06. The molecule has 5 aromatic rings. The van der Waals surface area contributed by atoms with Crippen molar-refractivity contribution < 1.29 is 38.0 Å². The predicted molar refractivity (Wildman–Crippen MR) is 381 cm³/mol. The van der Waals surface area contributed by atoms with Crippen molar-refractivity contribution in [2.24, 2.45) is 22.9 Å². The van der Waals surface area contributed by atoms with Crippen LogP contribution in [0.3, 0.4) is 0 Å². The molecule has 1 aliphatic carbocycles. The van der Waals surface area contributed by atoms with Crippen molar-refractivity contribution in [3.05, 3.63) is 179 Å². The van der Waals surface area contributed by atoms with Gasteiger partial charge in [-0.05, 0) is 152 Å². The van der Waals surface area contributed by atoms with Crippen molar-refractivity contribution in [1.29, 1.82) is 0 Å². The van der Waals surface area contributed by atoms with Gasteiger partial charge in [-0.3, -0.25) is 33.6 Å². The third-order valence-corrected chi connectivity index (χ3v) is 17.5. The topological polar surface area (TPSA) is 289 Å². The molecule has 0 unspecified atom stereocenters. The summed E-state index contributed by atoms with van der Waals surface area (Å²) in [6.07, 6.45) is 3.71. The van der Waals surface area contributed by atoms with Crippen LogP contribution >= 0.6 is 0 Å². The normalized spacial score (nSPS) is 12.1. The second-order valence-corrected chi connectivity index (χ2v) is 24.3. The molecule has 11 N–H and O–H groups in total. The maximum atomic E-state index is 15.4. The molecular formula is C76H101N12O8+. The fourth-order valence-corrected chi connectivity index (χ4v) is 12.2. The summed E-state index contributed by atoms with van der Waals surface area (Å²) < 4.78 is 9.05. The molecule has 1 heterocycles. The van der Waals surface area contributed by atoms with Crippen molar-refractivity contribution in [1.82, 2.24) is 35.2 Å². The number of unbranched alkanes of at least 4 members (excludes halogenated alkanes) is 3.